The molecule has 2 aliphatic rings. The Morgan fingerprint density at radius 3 is 2.76 bits per heavy atom. The number of aromatic nitrogens is 5. The van der Waals surface area contributed by atoms with E-state index in [0.717, 1.165) is 55.3 Å². The average Bonchev–Trinajstić information content (AvgIpc) is 3.54. The van der Waals surface area contributed by atoms with Crippen molar-refractivity contribution in [3.05, 3.63) is 42.0 Å². The van der Waals surface area contributed by atoms with Crippen LogP contribution in [0.15, 0.2) is 30.7 Å². The zero-order valence-corrected chi connectivity index (χ0v) is 17.9. The number of hydrogen-bond acceptors (Lipinski definition) is 6. The van der Waals surface area contributed by atoms with Gasteiger partial charge in [0.2, 0.25) is 0 Å². The number of hydrogen-bond donors (Lipinski definition) is 2. The van der Waals surface area contributed by atoms with E-state index in [1.165, 1.54) is 6.20 Å². The summed E-state index contributed by atoms with van der Waals surface area (Å²) in [5.74, 6) is 1.66. The summed E-state index contributed by atoms with van der Waals surface area (Å²) in [5.41, 5.74) is 1.69. The number of fused-ring (bicyclic) bond motifs is 2. The molecule has 1 aliphatic carbocycles. The standard InChI is InChI=1S/C23H22F3N7/c1-12-11-33(7-6-28-12)22-19-16(13-2-3-13)9-27-10-17(19)30-21(32-22)14-4-5-29-20-15(14)8-18(31-20)23(24,25)26/h4-5,8-10,12-13,28H,2-3,6-7,11H2,1H3,(H,29,31)/t12-/m0/s1. The summed E-state index contributed by atoms with van der Waals surface area (Å²) >= 11 is 0. The van der Waals surface area contributed by atoms with E-state index in [-0.39, 0.29) is 5.65 Å². The fraction of sp³-hybridized carbons (Fsp3) is 0.391. The number of alkyl halides is 3. The van der Waals surface area contributed by atoms with Gasteiger partial charge >= 0.3 is 6.18 Å². The molecule has 7 nitrogen and oxygen atoms in total. The molecule has 4 aromatic rings. The van der Waals surface area contributed by atoms with Crippen molar-refractivity contribution in [1.29, 1.82) is 0 Å². The van der Waals surface area contributed by atoms with E-state index in [1.807, 2.05) is 6.20 Å². The van der Waals surface area contributed by atoms with E-state index in [2.05, 4.69) is 32.1 Å². The van der Waals surface area contributed by atoms with Gasteiger partial charge in [0.05, 0.1) is 11.7 Å². The van der Waals surface area contributed by atoms with Crippen molar-refractivity contribution in [2.45, 2.75) is 37.9 Å². The number of piperazine rings is 1. The third kappa shape index (κ3) is 3.58. The molecule has 0 spiro atoms. The molecule has 2 N–H and O–H groups in total. The largest absolute Gasteiger partial charge is 0.431 e. The van der Waals surface area contributed by atoms with Crippen molar-refractivity contribution in [2.24, 2.45) is 0 Å². The minimum Gasteiger partial charge on any atom is -0.353 e. The van der Waals surface area contributed by atoms with Crippen LogP contribution in [-0.4, -0.2) is 50.6 Å². The lowest BCUT2D eigenvalue weighted by Crippen LogP contribution is -2.49. The van der Waals surface area contributed by atoms with E-state index in [4.69, 9.17) is 9.97 Å². The number of H-pyrrole nitrogens is 1. The van der Waals surface area contributed by atoms with Gasteiger partial charge in [0.15, 0.2) is 5.82 Å². The second-order valence-corrected chi connectivity index (χ2v) is 8.87. The number of aromatic amines is 1. The molecular weight excluding hydrogens is 431 g/mol. The van der Waals surface area contributed by atoms with Gasteiger partial charge in [-0.1, -0.05) is 0 Å². The number of anilines is 1. The highest BCUT2D eigenvalue weighted by atomic mass is 19.4. The summed E-state index contributed by atoms with van der Waals surface area (Å²) in [7, 11) is 0. The van der Waals surface area contributed by atoms with E-state index in [9.17, 15) is 13.2 Å². The maximum absolute atomic E-state index is 13.3. The molecule has 1 saturated heterocycles. The maximum Gasteiger partial charge on any atom is 0.431 e. The third-order valence-electron chi connectivity index (χ3n) is 6.38. The molecule has 10 heteroatoms. The molecule has 1 atom stereocenters. The Morgan fingerprint density at radius 2 is 2.00 bits per heavy atom. The second kappa shape index (κ2) is 7.38. The van der Waals surface area contributed by atoms with Crippen molar-refractivity contribution < 1.29 is 13.2 Å². The molecule has 5 heterocycles. The van der Waals surface area contributed by atoms with Gasteiger partial charge in [-0.3, -0.25) is 4.98 Å². The molecular formula is C23H22F3N7. The second-order valence-electron chi connectivity index (χ2n) is 8.87. The molecule has 6 rings (SSSR count). The van der Waals surface area contributed by atoms with Crippen molar-refractivity contribution in [1.82, 2.24) is 30.2 Å². The monoisotopic (exact) mass is 453 g/mol. The smallest absolute Gasteiger partial charge is 0.353 e. The predicted molar refractivity (Wildman–Crippen MR) is 119 cm³/mol. The Labute approximate surface area is 187 Å². The van der Waals surface area contributed by atoms with Gasteiger partial charge in [-0.25, -0.2) is 15.0 Å². The number of pyridine rings is 2. The lowest BCUT2D eigenvalue weighted by molar-refractivity contribution is -0.140. The fourth-order valence-electron chi connectivity index (χ4n) is 4.64. The molecule has 4 aromatic heterocycles. The third-order valence-corrected chi connectivity index (χ3v) is 6.38. The molecule has 0 unspecified atom stereocenters. The van der Waals surface area contributed by atoms with Crippen LogP contribution in [-0.2, 0) is 6.18 Å². The molecule has 0 amide bonds. The Hall–Kier alpha value is -3.27. The lowest BCUT2D eigenvalue weighted by atomic mass is 10.1. The first-order chi connectivity index (χ1) is 15.9. The number of nitrogens with zero attached hydrogens (tertiary/aromatic N) is 5. The van der Waals surface area contributed by atoms with E-state index < -0.39 is 11.9 Å². The van der Waals surface area contributed by atoms with Crippen LogP contribution >= 0.6 is 0 Å². The SMILES string of the molecule is C[C@H]1CN(c2nc(-c3ccnc4[nH]c(C(F)(F)F)cc34)nc3cncc(C4CC4)c23)CCN1. The summed E-state index contributed by atoms with van der Waals surface area (Å²) in [6.07, 6.45) is 2.85. The zero-order valence-electron chi connectivity index (χ0n) is 17.9. The molecule has 0 aromatic carbocycles. The molecule has 0 radical (unpaired) electrons. The number of halogens is 3. The van der Waals surface area contributed by atoms with Crippen LogP contribution in [0.2, 0.25) is 0 Å². The van der Waals surface area contributed by atoms with Crippen LogP contribution in [0.3, 0.4) is 0 Å². The minimum atomic E-state index is -4.49. The lowest BCUT2D eigenvalue weighted by Gasteiger charge is -2.33. The summed E-state index contributed by atoms with van der Waals surface area (Å²) in [5, 5.41) is 4.79. The number of nitrogens with one attached hydrogen (secondary N) is 2. The zero-order chi connectivity index (χ0) is 22.7. The van der Waals surface area contributed by atoms with Gasteiger partial charge in [-0.05, 0) is 43.4 Å². The van der Waals surface area contributed by atoms with Crippen LogP contribution in [0.5, 0.6) is 0 Å². The van der Waals surface area contributed by atoms with Crippen molar-refractivity contribution in [2.75, 3.05) is 24.5 Å². The summed E-state index contributed by atoms with van der Waals surface area (Å²) in [6.45, 7) is 4.53. The highest BCUT2D eigenvalue weighted by molar-refractivity contribution is 5.97. The Kier molecular flexibility index (Phi) is 4.55. The van der Waals surface area contributed by atoms with E-state index in [0.29, 0.717) is 34.3 Å². The first kappa shape index (κ1) is 20.3. The highest BCUT2D eigenvalue weighted by Crippen LogP contribution is 2.45. The fourth-order valence-corrected chi connectivity index (χ4v) is 4.64. The topological polar surface area (TPSA) is 82.6 Å². The Morgan fingerprint density at radius 1 is 1.15 bits per heavy atom. The van der Waals surface area contributed by atoms with Gasteiger partial charge in [0.1, 0.15) is 17.2 Å². The van der Waals surface area contributed by atoms with Crippen molar-refractivity contribution in [3.63, 3.8) is 0 Å². The molecule has 0 bridgehead atoms. The van der Waals surface area contributed by atoms with Crippen LogP contribution in [0.25, 0.3) is 33.3 Å². The number of rotatable bonds is 3. The molecule has 1 aliphatic heterocycles. The average molecular weight is 453 g/mol. The van der Waals surface area contributed by atoms with Crippen molar-refractivity contribution in [3.8, 4) is 11.4 Å². The summed E-state index contributed by atoms with van der Waals surface area (Å²) in [4.78, 5) is 22.9. The van der Waals surface area contributed by atoms with Crippen LogP contribution < -0.4 is 10.2 Å². The first-order valence-electron chi connectivity index (χ1n) is 11.1. The van der Waals surface area contributed by atoms with Crippen molar-refractivity contribution >= 4 is 27.8 Å². The predicted octanol–water partition coefficient (Wildman–Crippen LogP) is 4.26. The quantitative estimate of drug-likeness (QED) is 0.482. The Balaban J connectivity index is 1.58. The van der Waals surface area contributed by atoms with Crippen LogP contribution in [0, 0.1) is 0 Å². The van der Waals surface area contributed by atoms with E-state index >= 15 is 0 Å². The Bertz CT molecular complexity index is 1360. The summed E-state index contributed by atoms with van der Waals surface area (Å²) in [6, 6.07) is 3.04. The van der Waals surface area contributed by atoms with Gasteiger partial charge in [0.25, 0.3) is 0 Å². The van der Waals surface area contributed by atoms with Gasteiger partial charge < -0.3 is 15.2 Å². The van der Waals surface area contributed by atoms with Gasteiger partial charge in [-0.15, -0.1) is 0 Å². The minimum absolute atomic E-state index is 0.158. The molecule has 2 fully saturated rings. The summed E-state index contributed by atoms with van der Waals surface area (Å²) < 4.78 is 40.0. The van der Waals surface area contributed by atoms with Crippen LogP contribution in [0.1, 0.15) is 36.9 Å². The maximum atomic E-state index is 13.3. The van der Waals surface area contributed by atoms with Crippen LogP contribution in [0.4, 0.5) is 19.0 Å². The molecule has 170 valence electrons. The highest BCUT2D eigenvalue weighted by Gasteiger charge is 2.34. The normalized spacial score (nSPS) is 19.5. The molecule has 1 saturated carbocycles. The van der Waals surface area contributed by atoms with Gasteiger partial charge in [-0.2, -0.15) is 13.2 Å². The van der Waals surface area contributed by atoms with E-state index in [1.54, 1.807) is 12.3 Å². The first-order valence-corrected chi connectivity index (χ1v) is 11.1. The van der Waals surface area contributed by atoms with Gasteiger partial charge in [0, 0.05) is 54.4 Å². The molecule has 33 heavy (non-hydrogen) atoms.